The largest absolute Gasteiger partial charge is 0.487 e. The summed E-state index contributed by atoms with van der Waals surface area (Å²) in [4.78, 5) is 9.43. The average Bonchev–Trinajstić information content (AvgIpc) is 3.33. The lowest BCUT2D eigenvalue weighted by Crippen LogP contribution is -2.05. The molecule has 1 aliphatic heterocycles. The summed E-state index contributed by atoms with van der Waals surface area (Å²) < 4.78 is 5.76. The fourth-order valence-electron chi connectivity index (χ4n) is 3.21. The molecule has 0 amide bonds. The first kappa shape index (κ1) is 14.9. The summed E-state index contributed by atoms with van der Waals surface area (Å²) in [5.74, 6) is 2.09. The number of aromatic amines is 1. The lowest BCUT2D eigenvalue weighted by atomic mass is 10.2. The van der Waals surface area contributed by atoms with E-state index in [-0.39, 0.29) is 0 Å². The van der Waals surface area contributed by atoms with Gasteiger partial charge in [0.15, 0.2) is 17.4 Å². The summed E-state index contributed by atoms with van der Waals surface area (Å²) in [6.45, 7) is 1.31. The fraction of sp³-hybridized carbons (Fsp3) is 0.150. The second kappa shape index (κ2) is 6.15. The van der Waals surface area contributed by atoms with Crippen LogP contribution in [0.25, 0.3) is 22.4 Å². The molecule has 4 aromatic rings. The van der Waals surface area contributed by atoms with Crippen molar-refractivity contribution < 1.29 is 4.74 Å². The number of hydrogen-bond acceptors (Lipinski definition) is 5. The Hall–Kier alpha value is -3.41. The van der Waals surface area contributed by atoms with E-state index in [1.54, 1.807) is 0 Å². The van der Waals surface area contributed by atoms with Crippen LogP contribution in [-0.4, -0.2) is 26.8 Å². The van der Waals surface area contributed by atoms with Gasteiger partial charge in [-0.15, -0.1) is 0 Å². The number of nitrogens with one attached hydrogen (secondary N) is 2. The molecular weight excluding hydrogens is 326 g/mol. The number of hydrogen-bond donors (Lipinski definition) is 2. The summed E-state index contributed by atoms with van der Waals surface area (Å²) >= 11 is 0. The van der Waals surface area contributed by atoms with Crippen LogP contribution in [0.1, 0.15) is 11.3 Å². The van der Waals surface area contributed by atoms with Gasteiger partial charge in [-0.25, -0.2) is 9.97 Å². The zero-order valence-electron chi connectivity index (χ0n) is 14.1. The molecule has 128 valence electrons. The highest BCUT2D eigenvalue weighted by Crippen LogP contribution is 2.34. The Morgan fingerprint density at radius 1 is 1.00 bits per heavy atom. The normalized spacial score (nSPS) is 12.8. The first-order valence-corrected chi connectivity index (χ1v) is 8.63. The molecule has 3 heterocycles. The lowest BCUT2D eigenvalue weighted by Gasteiger charge is -2.11. The van der Waals surface area contributed by atoms with E-state index in [4.69, 9.17) is 14.7 Å². The van der Waals surface area contributed by atoms with E-state index >= 15 is 0 Å². The number of nitrogens with zero attached hydrogens (tertiary/aromatic N) is 3. The minimum Gasteiger partial charge on any atom is -0.487 e. The summed E-state index contributed by atoms with van der Waals surface area (Å²) in [6.07, 6.45) is 0.785. The Morgan fingerprint density at radius 3 is 2.77 bits per heavy atom. The van der Waals surface area contributed by atoms with Crippen molar-refractivity contribution in [3.63, 3.8) is 0 Å². The molecule has 6 nitrogen and oxygen atoms in total. The van der Waals surface area contributed by atoms with E-state index in [1.807, 2.05) is 42.5 Å². The zero-order chi connectivity index (χ0) is 17.3. The summed E-state index contributed by atoms with van der Waals surface area (Å²) in [5, 5.41) is 11.9. The maximum Gasteiger partial charge on any atom is 0.183 e. The maximum absolute atomic E-state index is 5.76. The van der Waals surface area contributed by atoms with Gasteiger partial charge in [0.2, 0.25) is 0 Å². The third-order valence-corrected chi connectivity index (χ3v) is 4.51. The molecule has 0 radical (unpaired) electrons. The molecule has 0 spiro atoms. The van der Waals surface area contributed by atoms with Gasteiger partial charge in [-0.2, -0.15) is 5.10 Å². The van der Waals surface area contributed by atoms with E-state index < -0.39 is 0 Å². The van der Waals surface area contributed by atoms with Gasteiger partial charge in [-0.1, -0.05) is 48.5 Å². The predicted molar refractivity (Wildman–Crippen MR) is 100 cm³/mol. The highest BCUT2D eigenvalue weighted by Gasteiger charge is 2.23. The number of rotatable bonds is 4. The summed E-state index contributed by atoms with van der Waals surface area (Å²) in [5.41, 5.74) is 3.85. The SMILES string of the molecule is c1ccc(CNc2nc(-c3n[nH]c4ccccc34)nc3c2OCC3)cc1. The molecule has 6 heteroatoms. The van der Waals surface area contributed by atoms with Gasteiger partial charge in [-0.3, -0.25) is 5.10 Å². The number of ether oxygens (including phenoxy) is 1. The topological polar surface area (TPSA) is 75.7 Å². The summed E-state index contributed by atoms with van der Waals surface area (Å²) in [6, 6.07) is 18.2. The van der Waals surface area contributed by atoms with Crippen molar-refractivity contribution in [1.29, 1.82) is 0 Å². The number of H-pyrrole nitrogens is 1. The molecule has 5 rings (SSSR count). The van der Waals surface area contributed by atoms with Crippen molar-refractivity contribution in [2.45, 2.75) is 13.0 Å². The molecule has 1 aliphatic rings. The minimum atomic E-state index is 0.613. The van der Waals surface area contributed by atoms with Crippen molar-refractivity contribution in [3.8, 4) is 17.3 Å². The standard InChI is InChI=1S/C20H17N5O/c1-2-6-13(7-3-1)12-21-20-18-16(10-11-26-18)22-19(23-20)17-14-8-4-5-9-15(14)24-25-17/h1-9H,10-12H2,(H,24,25)(H,21,22,23). The van der Waals surface area contributed by atoms with Crippen LogP contribution in [-0.2, 0) is 13.0 Å². The first-order valence-electron chi connectivity index (χ1n) is 8.63. The number of benzene rings is 2. The van der Waals surface area contributed by atoms with Gasteiger partial charge in [0.25, 0.3) is 0 Å². The molecule has 0 unspecified atom stereocenters. The van der Waals surface area contributed by atoms with E-state index in [2.05, 4.69) is 27.6 Å². The quantitative estimate of drug-likeness (QED) is 0.592. The molecule has 2 N–H and O–H groups in total. The van der Waals surface area contributed by atoms with Crippen LogP contribution in [0.3, 0.4) is 0 Å². The Kier molecular flexibility index (Phi) is 3.52. The molecule has 0 fully saturated rings. The monoisotopic (exact) mass is 343 g/mol. The Labute approximate surface area is 150 Å². The van der Waals surface area contributed by atoms with Gasteiger partial charge >= 0.3 is 0 Å². The molecule has 0 saturated carbocycles. The predicted octanol–water partition coefficient (Wildman–Crippen LogP) is 3.57. The third kappa shape index (κ3) is 2.56. The van der Waals surface area contributed by atoms with Gasteiger partial charge in [0.05, 0.1) is 17.8 Å². The Balaban J connectivity index is 1.55. The molecular formula is C20H17N5O. The van der Waals surface area contributed by atoms with Gasteiger partial charge in [0.1, 0.15) is 5.69 Å². The van der Waals surface area contributed by atoms with Gasteiger partial charge < -0.3 is 10.1 Å². The number of para-hydroxylation sites is 1. The maximum atomic E-state index is 5.76. The van der Waals surface area contributed by atoms with Crippen LogP contribution in [0, 0.1) is 0 Å². The smallest absolute Gasteiger partial charge is 0.183 e. The highest BCUT2D eigenvalue weighted by atomic mass is 16.5. The van der Waals surface area contributed by atoms with Crippen molar-refractivity contribution in [2.75, 3.05) is 11.9 Å². The van der Waals surface area contributed by atoms with Crippen molar-refractivity contribution in [1.82, 2.24) is 20.2 Å². The van der Waals surface area contributed by atoms with Gasteiger partial charge in [-0.05, 0) is 11.6 Å². The van der Waals surface area contributed by atoms with Crippen molar-refractivity contribution in [3.05, 3.63) is 65.9 Å². The number of anilines is 1. The van der Waals surface area contributed by atoms with Crippen LogP contribution in [0.2, 0.25) is 0 Å². The molecule has 2 aromatic carbocycles. The van der Waals surface area contributed by atoms with E-state index in [0.29, 0.717) is 19.0 Å². The molecule has 0 saturated heterocycles. The zero-order valence-corrected chi connectivity index (χ0v) is 14.1. The molecule has 26 heavy (non-hydrogen) atoms. The fourth-order valence-corrected chi connectivity index (χ4v) is 3.21. The van der Waals surface area contributed by atoms with E-state index in [1.165, 1.54) is 5.56 Å². The number of aromatic nitrogens is 4. The van der Waals surface area contributed by atoms with Crippen LogP contribution in [0.4, 0.5) is 5.82 Å². The molecule has 2 aromatic heterocycles. The minimum absolute atomic E-state index is 0.613. The van der Waals surface area contributed by atoms with Gasteiger partial charge in [0, 0.05) is 18.4 Å². The molecule has 0 atom stereocenters. The van der Waals surface area contributed by atoms with Crippen LogP contribution in [0.15, 0.2) is 54.6 Å². The van der Waals surface area contributed by atoms with E-state index in [0.717, 1.165) is 40.3 Å². The van der Waals surface area contributed by atoms with Crippen LogP contribution >= 0.6 is 0 Å². The third-order valence-electron chi connectivity index (χ3n) is 4.51. The molecule has 0 aliphatic carbocycles. The lowest BCUT2D eigenvalue weighted by molar-refractivity contribution is 0.357. The Morgan fingerprint density at radius 2 is 1.85 bits per heavy atom. The second-order valence-corrected chi connectivity index (χ2v) is 6.23. The van der Waals surface area contributed by atoms with Crippen molar-refractivity contribution in [2.24, 2.45) is 0 Å². The molecule has 0 bridgehead atoms. The average molecular weight is 343 g/mol. The summed E-state index contributed by atoms with van der Waals surface area (Å²) in [7, 11) is 0. The van der Waals surface area contributed by atoms with Crippen LogP contribution < -0.4 is 10.1 Å². The number of fused-ring (bicyclic) bond motifs is 2. The Bertz CT molecular complexity index is 1070. The van der Waals surface area contributed by atoms with Crippen LogP contribution in [0.5, 0.6) is 5.75 Å². The first-order chi connectivity index (χ1) is 12.9. The second-order valence-electron chi connectivity index (χ2n) is 6.23. The van der Waals surface area contributed by atoms with E-state index in [9.17, 15) is 0 Å². The van der Waals surface area contributed by atoms with Crippen molar-refractivity contribution >= 4 is 16.7 Å². The highest BCUT2D eigenvalue weighted by molar-refractivity contribution is 5.91.